The molecule has 16 heavy (non-hydrogen) atoms. The number of rotatable bonds is 3. The number of carboxylic acids is 1. The van der Waals surface area contributed by atoms with Gasteiger partial charge in [0.15, 0.2) is 0 Å². The molecule has 0 aliphatic heterocycles. The minimum absolute atomic E-state index is 0.303. The van der Waals surface area contributed by atoms with E-state index in [4.69, 9.17) is 10.8 Å². The highest BCUT2D eigenvalue weighted by atomic mass is 16.4. The SMILES string of the molecule is CC1(C)CCC(C(C)(C)C(N)C(=O)O)CC1. The van der Waals surface area contributed by atoms with Gasteiger partial charge in [-0.2, -0.15) is 0 Å². The Balaban J connectivity index is 2.68. The average molecular weight is 227 g/mol. The van der Waals surface area contributed by atoms with Crippen molar-refractivity contribution >= 4 is 5.97 Å². The molecule has 1 fully saturated rings. The zero-order chi connectivity index (χ0) is 12.6. The van der Waals surface area contributed by atoms with Crippen molar-refractivity contribution in [3.8, 4) is 0 Å². The molecule has 0 spiro atoms. The number of nitrogens with two attached hydrogens (primary N) is 1. The van der Waals surface area contributed by atoms with Gasteiger partial charge in [0.25, 0.3) is 0 Å². The summed E-state index contributed by atoms with van der Waals surface area (Å²) >= 11 is 0. The van der Waals surface area contributed by atoms with Crippen LogP contribution in [0.15, 0.2) is 0 Å². The molecule has 1 saturated carbocycles. The van der Waals surface area contributed by atoms with Gasteiger partial charge >= 0.3 is 5.97 Å². The predicted octanol–water partition coefficient (Wildman–Crippen LogP) is 2.64. The molecule has 0 heterocycles. The summed E-state index contributed by atoms with van der Waals surface area (Å²) in [5.74, 6) is -0.443. The molecule has 1 unspecified atom stereocenters. The summed E-state index contributed by atoms with van der Waals surface area (Å²) in [6.45, 7) is 8.56. The van der Waals surface area contributed by atoms with E-state index in [1.807, 2.05) is 13.8 Å². The van der Waals surface area contributed by atoms with Gasteiger partial charge in [-0.1, -0.05) is 27.7 Å². The van der Waals surface area contributed by atoms with Crippen molar-refractivity contribution < 1.29 is 9.90 Å². The Morgan fingerprint density at radius 1 is 1.38 bits per heavy atom. The van der Waals surface area contributed by atoms with Crippen molar-refractivity contribution in [1.29, 1.82) is 0 Å². The minimum Gasteiger partial charge on any atom is -0.480 e. The van der Waals surface area contributed by atoms with Gasteiger partial charge in [0.05, 0.1) is 0 Å². The highest BCUT2D eigenvalue weighted by Crippen LogP contribution is 2.46. The van der Waals surface area contributed by atoms with Crippen LogP contribution in [0.3, 0.4) is 0 Å². The van der Waals surface area contributed by atoms with Crippen molar-refractivity contribution in [1.82, 2.24) is 0 Å². The summed E-state index contributed by atoms with van der Waals surface area (Å²) in [5, 5.41) is 9.03. The molecule has 0 saturated heterocycles. The number of carboxylic acid groups (broad SMARTS) is 1. The second-order valence-electron chi connectivity index (χ2n) is 6.58. The Bertz CT molecular complexity index is 261. The summed E-state index contributed by atoms with van der Waals surface area (Å²) in [4.78, 5) is 11.0. The van der Waals surface area contributed by atoms with E-state index in [2.05, 4.69) is 13.8 Å². The standard InChI is InChI=1S/C13H25NO2/c1-12(2)7-5-9(6-8-12)13(3,4)10(14)11(15)16/h9-10H,5-8,14H2,1-4H3,(H,15,16). The van der Waals surface area contributed by atoms with Gasteiger partial charge in [-0.15, -0.1) is 0 Å². The first-order chi connectivity index (χ1) is 7.17. The Hall–Kier alpha value is -0.570. The topological polar surface area (TPSA) is 63.3 Å². The van der Waals surface area contributed by atoms with Gasteiger partial charge in [-0.05, 0) is 42.4 Å². The molecule has 1 rings (SSSR count). The molecule has 3 N–H and O–H groups in total. The monoisotopic (exact) mass is 227 g/mol. The highest BCUT2D eigenvalue weighted by Gasteiger charge is 2.41. The molecule has 1 aliphatic rings. The molecular formula is C13H25NO2. The Kier molecular flexibility index (Phi) is 3.68. The zero-order valence-corrected chi connectivity index (χ0v) is 10.9. The summed E-state index contributed by atoms with van der Waals surface area (Å²) < 4.78 is 0. The molecule has 0 bridgehead atoms. The third-order valence-electron chi connectivity index (χ3n) is 4.46. The molecular weight excluding hydrogens is 202 g/mol. The lowest BCUT2D eigenvalue weighted by atomic mass is 9.62. The second-order valence-corrected chi connectivity index (χ2v) is 6.58. The minimum atomic E-state index is -0.880. The molecule has 1 atom stereocenters. The zero-order valence-electron chi connectivity index (χ0n) is 10.9. The van der Waals surface area contributed by atoms with E-state index < -0.39 is 12.0 Å². The quantitative estimate of drug-likeness (QED) is 0.779. The molecule has 0 radical (unpaired) electrons. The lowest BCUT2D eigenvalue weighted by molar-refractivity contribution is -0.142. The fraction of sp³-hybridized carbons (Fsp3) is 0.923. The van der Waals surface area contributed by atoms with E-state index in [1.54, 1.807) is 0 Å². The maximum absolute atomic E-state index is 11.0. The normalized spacial score (nSPS) is 24.1. The number of hydrogen-bond acceptors (Lipinski definition) is 2. The van der Waals surface area contributed by atoms with Crippen molar-refractivity contribution in [2.75, 3.05) is 0 Å². The van der Waals surface area contributed by atoms with E-state index in [0.717, 1.165) is 12.8 Å². The van der Waals surface area contributed by atoms with Crippen LogP contribution in [-0.2, 0) is 4.79 Å². The van der Waals surface area contributed by atoms with Crippen molar-refractivity contribution in [2.24, 2.45) is 22.5 Å². The number of hydrogen-bond donors (Lipinski definition) is 2. The van der Waals surface area contributed by atoms with Crippen LogP contribution in [0.2, 0.25) is 0 Å². The molecule has 3 heteroatoms. The second kappa shape index (κ2) is 4.36. The predicted molar refractivity (Wildman–Crippen MR) is 65.1 cm³/mol. The molecule has 3 nitrogen and oxygen atoms in total. The van der Waals surface area contributed by atoms with Gasteiger partial charge < -0.3 is 10.8 Å². The lowest BCUT2D eigenvalue weighted by Gasteiger charge is -2.43. The maximum atomic E-state index is 11.0. The molecule has 0 aromatic rings. The summed E-state index contributed by atoms with van der Waals surface area (Å²) in [7, 11) is 0. The average Bonchev–Trinajstić information content (AvgIpc) is 2.15. The van der Waals surface area contributed by atoms with E-state index in [9.17, 15) is 4.79 Å². The molecule has 1 aliphatic carbocycles. The van der Waals surface area contributed by atoms with Gasteiger partial charge in [0.1, 0.15) is 6.04 Å². The van der Waals surface area contributed by atoms with Gasteiger partial charge in [0.2, 0.25) is 0 Å². The fourth-order valence-electron chi connectivity index (χ4n) is 2.72. The van der Waals surface area contributed by atoms with Crippen LogP contribution in [0.1, 0.15) is 53.4 Å². The highest BCUT2D eigenvalue weighted by molar-refractivity contribution is 5.74. The third kappa shape index (κ3) is 2.76. The summed E-state index contributed by atoms with van der Waals surface area (Å²) in [6, 6.07) is -0.751. The Morgan fingerprint density at radius 3 is 2.19 bits per heavy atom. The molecule has 0 aromatic carbocycles. The van der Waals surface area contributed by atoms with E-state index in [0.29, 0.717) is 11.3 Å². The number of carbonyl (C=O) groups is 1. The Morgan fingerprint density at radius 2 is 1.81 bits per heavy atom. The van der Waals surface area contributed by atoms with Crippen molar-refractivity contribution in [3.63, 3.8) is 0 Å². The Labute approximate surface area is 98.4 Å². The van der Waals surface area contributed by atoms with E-state index in [1.165, 1.54) is 12.8 Å². The van der Waals surface area contributed by atoms with Gasteiger partial charge in [-0.3, -0.25) is 4.79 Å². The van der Waals surface area contributed by atoms with Crippen molar-refractivity contribution in [2.45, 2.75) is 59.4 Å². The van der Waals surface area contributed by atoms with Gasteiger partial charge in [-0.25, -0.2) is 0 Å². The van der Waals surface area contributed by atoms with Crippen LogP contribution in [0.4, 0.5) is 0 Å². The lowest BCUT2D eigenvalue weighted by Crippen LogP contribution is -2.49. The maximum Gasteiger partial charge on any atom is 0.321 e. The van der Waals surface area contributed by atoms with E-state index in [-0.39, 0.29) is 5.41 Å². The van der Waals surface area contributed by atoms with Crippen LogP contribution in [-0.4, -0.2) is 17.1 Å². The fourth-order valence-corrected chi connectivity index (χ4v) is 2.72. The molecule has 0 amide bonds. The first-order valence-corrected chi connectivity index (χ1v) is 6.15. The van der Waals surface area contributed by atoms with Gasteiger partial charge in [0, 0.05) is 0 Å². The van der Waals surface area contributed by atoms with Crippen LogP contribution in [0.25, 0.3) is 0 Å². The largest absolute Gasteiger partial charge is 0.480 e. The van der Waals surface area contributed by atoms with Crippen LogP contribution in [0, 0.1) is 16.7 Å². The van der Waals surface area contributed by atoms with E-state index >= 15 is 0 Å². The third-order valence-corrected chi connectivity index (χ3v) is 4.46. The summed E-state index contributed by atoms with van der Waals surface area (Å²) in [6.07, 6.45) is 4.54. The number of aliphatic carboxylic acids is 1. The first-order valence-electron chi connectivity index (χ1n) is 6.15. The van der Waals surface area contributed by atoms with Crippen molar-refractivity contribution in [3.05, 3.63) is 0 Å². The van der Waals surface area contributed by atoms with Crippen LogP contribution < -0.4 is 5.73 Å². The first kappa shape index (κ1) is 13.5. The van der Waals surface area contributed by atoms with Crippen LogP contribution in [0.5, 0.6) is 0 Å². The molecule has 0 aromatic heterocycles. The van der Waals surface area contributed by atoms with Crippen LogP contribution >= 0.6 is 0 Å². The smallest absolute Gasteiger partial charge is 0.321 e. The molecule has 94 valence electrons. The summed E-state index contributed by atoms with van der Waals surface area (Å²) in [5.41, 5.74) is 5.91.